The summed E-state index contributed by atoms with van der Waals surface area (Å²) in [6.07, 6.45) is 0.122. The zero-order valence-electron chi connectivity index (χ0n) is 11.1. The van der Waals surface area contributed by atoms with E-state index in [0.717, 1.165) is 0 Å². The van der Waals surface area contributed by atoms with E-state index < -0.39 is 21.4 Å². The summed E-state index contributed by atoms with van der Waals surface area (Å²) in [4.78, 5) is 22.7. The molecular formula is C13H17NO5S. The third-order valence-corrected chi connectivity index (χ3v) is 4.10. The minimum Gasteiger partial charge on any atom is -0.396 e. The summed E-state index contributed by atoms with van der Waals surface area (Å²) in [6, 6.07) is 6.01. The Morgan fingerprint density at radius 1 is 1.20 bits per heavy atom. The second-order valence-electron chi connectivity index (χ2n) is 4.35. The van der Waals surface area contributed by atoms with Crippen LogP contribution in [-0.2, 0) is 14.6 Å². The number of carbonyl (C=O) groups is 2. The molecule has 0 aromatic heterocycles. The van der Waals surface area contributed by atoms with Crippen molar-refractivity contribution in [2.75, 3.05) is 23.4 Å². The molecule has 0 aliphatic rings. The van der Waals surface area contributed by atoms with Crippen molar-refractivity contribution in [1.29, 1.82) is 0 Å². The summed E-state index contributed by atoms with van der Waals surface area (Å²) < 4.78 is 23.2. The normalized spacial score (nSPS) is 11.1. The van der Waals surface area contributed by atoms with Gasteiger partial charge in [-0.15, -0.1) is 0 Å². The van der Waals surface area contributed by atoms with Crippen LogP contribution < -0.4 is 5.32 Å². The minimum absolute atomic E-state index is 0.122. The van der Waals surface area contributed by atoms with Crippen LogP contribution in [0.3, 0.4) is 0 Å². The van der Waals surface area contributed by atoms with Crippen LogP contribution in [-0.4, -0.2) is 43.3 Å². The molecule has 0 unspecified atom stereocenters. The molecule has 0 bridgehead atoms. The van der Waals surface area contributed by atoms with E-state index in [9.17, 15) is 18.0 Å². The molecule has 1 rings (SSSR count). The van der Waals surface area contributed by atoms with Gasteiger partial charge in [-0.05, 0) is 30.7 Å². The maximum absolute atomic E-state index is 11.8. The Labute approximate surface area is 117 Å². The maximum atomic E-state index is 11.8. The number of ketones is 1. The lowest BCUT2D eigenvalue weighted by molar-refractivity contribution is -0.114. The fourth-order valence-electron chi connectivity index (χ4n) is 1.58. The molecule has 1 aromatic rings. The first-order valence-corrected chi connectivity index (χ1v) is 7.88. The number of amides is 1. The van der Waals surface area contributed by atoms with Crippen LogP contribution in [0.15, 0.2) is 24.3 Å². The van der Waals surface area contributed by atoms with Crippen molar-refractivity contribution in [2.45, 2.75) is 13.3 Å². The summed E-state index contributed by atoms with van der Waals surface area (Å²) in [6.45, 7) is 1.14. The van der Waals surface area contributed by atoms with E-state index in [0.29, 0.717) is 5.69 Å². The summed E-state index contributed by atoms with van der Waals surface area (Å²) >= 11 is 0. The fourth-order valence-corrected chi connectivity index (χ4v) is 2.86. The molecule has 0 heterocycles. The van der Waals surface area contributed by atoms with E-state index >= 15 is 0 Å². The van der Waals surface area contributed by atoms with Crippen molar-refractivity contribution >= 4 is 27.2 Å². The first-order valence-electron chi connectivity index (χ1n) is 6.06. The number of aliphatic hydroxyl groups is 1. The molecule has 0 saturated carbocycles. The number of nitrogens with one attached hydrogen (secondary N) is 1. The predicted molar refractivity (Wildman–Crippen MR) is 75.4 cm³/mol. The highest BCUT2D eigenvalue weighted by Crippen LogP contribution is 2.11. The quantitative estimate of drug-likeness (QED) is 0.719. The van der Waals surface area contributed by atoms with Gasteiger partial charge in [-0.3, -0.25) is 9.59 Å². The van der Waals surface area contributed by atoms with Crippen molar-refractivity contribution in [3.05, 3.63) is 29.8 Å². The molecule has 0 atom stereocenters. The van der Waals surface area contributed by atoms with Gasteiger partial charge in [0.05, 0.1) is 5.75 Å². The van der Waals surface area contributed by atoms with Crippen LogP contribution in [0.1, 0.15) is 23.7 Å². The number of hydrogen-bond acceptors (Lipinski definition) is 5. The second-order valence-corrected chi connectivity index (χ2v) is 6.53. The fraction of sp³-hybridized carbons (Fsp3) is 0.385. The molecule has 1 aromatic carbocycles. The molecule has 0 radical (unpaired) electrons. The van der Waals surface area contributed by atoms with E-state index in [-0.39, 0.29) is 30.3 Å². The average Bonchev–Trinajstić information content (AvgIpc) is 2.36. The monoisotopic (exact) mass is 299 g/mol. The zero-order valence-corrected chi connectivity index (χ0v) is 11.9. The molecule has 2 N–H and O–H groups in total. The van der Waals surface area contributed by atoms with Crippen molar-refractivity contribution in [3.8, 4) is 0 Å². The van der Waals surface area contributed by atoms with Crippen LogP contribution in [0.25, 0.3) is 0 Å². The van der Waals surface area contributed by atoms with Gasteiger partial charge in [0.1, 0.15) is 5.75 Å². The Bertz CT molecular complexity index is 577. The van der Waals surface area contributed by atoms with Crippen LogP contribution in [0.4, 0.5) is 5.69 Å². The predicted octanol–water partition coefficient (Wildman–Crippen LogP) is 0.625. The summed E-state index contributed by atoms with van der Waals surface area (Å²) in [5.74, 6) is -1.51. The summed E-state index contributed by atoms with van der Waals surface area (Å²) in [7, 11) is -3.50. The maximum Gasteiger partial charge on any atom is 0.221 e. The van der Waals surface area contributed by atoms with Crippen molar-refractivity contribution in [2.24, 2.45) is 0 Å². The SMILES string of the molecule is CC(=O)Nc1ccc(C(=O)CS(=O)(=O)CCCO)cc1. The van der Waals surface area contributed by atoms with Crippen LogP contribution in [0.2, 0.25) is 0 Å². The van der Waals surface area contributed by atoms with E-state index in [1.54, 1.807) is 0 Å². The zero-order chi connectivity index (χ0) is 15.2. The molecule has 0 aliphatic heterocycles. The van der Waals surface area contributed by atoms with Gasteiger partial charge < -0.3 is 10.4 Å². The minimum atomic E-state index is -3.50. The molecule has 20 heavy (non-hydrogen) atoms. The summed E-state index contributed by atoms with van der Waals surface area (Å²) in [5.41, 5.74) is 0.809. The van der Waals surface area contributed by atoms with Gasteiger partial charge >= 0.3 is 0 Å². The van der Waals surface area contributed by atoms with Crippen molar-refractivity contribution in [1.82, 2.24) is 0 Å². The average molecular weight is 299 g/mol. The third kappa shape index (κ3) is 5.50. The van der Waals surface area contributed by atoms with E-state index in [1.165, 1.54) is 31.2 Å². The van der Waals surface area contributed by atoms with Crippen molar-refractivity contribution in [3.63, 3.8) is 0 Å². The first kappa shape index (κ1) is 16.3. The number of sulfone groups is 1. The lowest BCUT2D eigenvalue weighted by atomic mass is 10.1. The van der Waals surface area contributed by atoms with Gasteiger partial charge in [-0.25, -0.2) is 8.42 Å². The molecular weight excluding hydrogens is 282 g/mol. The number of rotatable bonds is 7. The Kier molecular flexibility index (Phi) is 5.84. The number of benzene rings is 1. The number of Topliss-reactive ketones (excluding diaryl/α,β-unsaturated/α-hetero) is 1. The Morgan fingerprint density at radius 3 is 2.30 bits per heavy atom. The van der Waals surface area contributed by atoms with Crippen LogP contribution >= 0.6 is 0 Å². The Balaban J connectivity index is 2.71. The molecule has 6 nitrogen and oxygen atoms in total. The molecule has 0 aliphatic carbocycles. The number of anilines is 1. The Hall–Kier alpha value is -1.73. The van der Waals surface area contributed by atoms with Crippen molar-refractivity contribution < 1.29 is 23.1 Å². The molecule has 0 saturated heterocycles. The van der Waals surface area contributed by atoms with E-state index in [4.69, 9.17) is 5.11 Å². The largest absolute Gasteiger partial charge is 0.396 e. The van der Waals surface area contributed by atoms with Crippen LogP contribution in [0, 0.1) is 0 Å². The second kappa shape index (κ2) is 7.16. The van der Waals surface area contributed by atoms with Gasteiger partial charge in [0, 0.05) is 24.8 Å². The molecule has 1 amide bonds. The number of hydrogen-bond donors (Lipinski definition) is 2. The van der Waals surface area contributed by atoms with E-state index in [2.05, 4.69) is 5.32 Å². The topological polar surface area (TPSA) is 101 Å². The summed E-state index contributed by atoms with van der Waals surface area (Å²) in [5, 5.41) is 11.2. The molecule has 0 fully saturated rings. The molecule has 0 spiro atoms. The third-order valence-electron chi connectivity index (χ3n) is 2.49. The number of carbonyl (C=O) groups excluding carboxylic acids is 2. The molecule has 7 heteroatoms. The highest BCUT2D eigenvalue weighted by molar-refractivity contribution is 7.92. The lowest BCUT2D eigenvalue weighted by Crippen LogP contribution is -2.19. The van der Waals surface area contributed by atoms with Gasteiger partial charge in [-0.2, -0.15) is 0 Å². The lowest BCUT2D eigenvalue weighted by Gasteiger charge is -2.05. The highest BCUT2D eigenvalue weighted by Gasteiger charge is 2.17. The Morgan fingerprint density at radius 2 is 1.80 bits per heavy atom. The van der Waals surface area contributed by atoms with E-state index in [1.807, 2.05) is 0 Å². The molecule has 110 valence electrons. The van der Waals surface area contributed by atoms with Gasteiger partial charge in [0.15, 0.2) is 15.6 Å². The van der Waals surface area contributed by atoms with Crippen LogP contribution in [0.5, 0.6) is 0 Å². The standard InChI is InChI=1S/C13H17NO5S/c1-10(16)14-12-5-3-11(4-6-12)13(17)9-20(18,19)8-2-7-15/h3-6,15H,2,7-9H2,1H3,(H,14,16). The van der Waals surface area contributed by atoms with Gasteiger partial charge in [0.2, 0.25) is 5.91 Å². The smallest absolute Gasteiger partial charge is 0.221 e. The highest BCUT2D eigenvalue weighted by atomic mass is 32.2. The van der Waals surface area contributed by atoms with Gasteiger partial charge in [0.25, 0.3) is 0 Å². The first-order chi connectivity index (χ1) is 9.34. The number of aliphatic hydroxyl groups excluding tert-OH is 1. The van der Waals surface area contributed by atoms with Gasteiger partial charge in [-0.1, -0.05) is 0 Å².